The molecule has 7 aromatic rings. The monoisotopic (exact) mass is 513 g/mol. The van der Waals surface area contributed by atoms with Crippen molar-refractivity contribution in [3.8, 4) is 39.7 Å². The maximum Gasteiger partial charge on any atom is 0.162 e. The minimum absolute atomic E-state index is 0.324. The molecule has 0 saturated heterocycles. The lowest BCUT2D eigenvalue weighted by molar-refractivity contribution is 0.305. The fraction of sp³-hybridized carbons (Fsp3) is 0.0333. The lowest BCUT2D eigenvalue weighted by atomic mass is 10.1. The summed E-state index contributed by atoms with van der Waals surface area (Å²) in [6.45, 7) is 0.444. The Hall–Kier alpha value is -5.44. The SMILES string of the molecule is Fc1ccccc1-c1ccnc2[nH]c(-c3n[nH]c4ccc(-c5cncc(OCc6ccccc6)c5)nc34)nc12. The van der Waals surface area contributed by atoms with Gasteiger partial charge in [-0.2, -0.15) is 5.10 Å². The van der Waals surface area contributed by atoms with Crippen molar-refractivity contribution in [2.24, 2.45) is 0 Å². The number of hydrogen-bond acceptors (Lipinski definition) is 6. The molecule has 7 rings (SSSR count). The van der Waals surface area contributed by atoms with Crippen LogP contribution < -0.4 is 4.74 Å². The van der Waals surface area contributed by atoms with Crippen molar-refractivity contribution < 1.29 is 9.13 Å². The number of imidazole rings is 1. The summed E-state index contributed by atoms with van der Waals surface area (Å²) in [7, 11) is 0. The summed E-state index contributed by atoms with van der Waals surface area (Å²) >= 11 is 0. The number of halogens is 1. The van der Waals surface area contributed by atoms with Crippen LogP contribution in [0, 0.1) is 5.82 Å². The Morgan fingerprint density at radius 2 is 1.69 bits per heavy atom. The highest BCUT2D eigenvalue weighted by Crippen LogP contribution is 2.32. The number of rotatable bonds is 6. The number of H-pyrrole nitrogens is 2. The first-order valence-corrected chi connectivity index (χ1v) is 12.3. The molecule has 0 aliphatic heterocycles. The zero-order chi connectivity index (χ0) is 26.2. The van der Waals surface area contributed by atoms with Gasteiger partial charge < -0.3 is 9.72 Å². The number of nitrogens with one attached hydrogen (secondary N) is 2. The molecule has 0 amide bonds. The van der Waals surface area contributed by atoms with Crippen molar-refractivity contribution in [2.75, 3.05) is 0 Å². The van der Waals surface area contributed by atoms with Crippen LogP contribution in [0.3, 0.4) is 0 Å². The zero-order valence-electron chi connectivity index (χ0n) is 20.5. The van der Waals surface area contributed by atoms with Crippen molar-refractivity contribution in [2.45, 2.75) is 6.61 Å². The highest BCUT2D eigenvalue weighted by atomic mass is 19.1. The van der Waals surface area contributed by atoms with Crippen molar-refractivity contribution in [3.63, 3.8) is 0 Å². The van der Waals surface area contributed by atoms with E-state index in [-0.39, 0.29) is 5.82 Å². The van der Waals surface area contributed by atoms with E-state index in [1.54, 1.807) is 42.9 Å². The number of fused-ring (bicyclic) bond motifs is 2. The molecule has 39 heavy (non-hydrogen) atoms. The van der Waals surface area contributed by atoms with Crippen LogP contribution in [0.25, 0.3) is 56.1 Å². The van der Waals surface area contributed by atoms with E-state index in [4.69, 9.17) is 14.7 Å². The van der Waals surface area contributed by atoms with E-state index in [2.05, 4.69) is 25.1 Å². The van der Waals surface area contributed by atoms with Crippen molar-refractivity contribution in [1.29, 1.82) is 0 Å². The van der Waals surface area contributed by atoms with Crippen LogP contribution >= 0.6 is 0 Å². The second-order valence-corrected chi connectivity index (χ2v) is 8.97. The van der Waals surface area contributed by atoms with Gasteiger partial charge in [0.15, 0.2) is 17.2 Å². The molecule has 2 aromatic carbocycles. The van der Waals surface area contributed by atoms with E-state index in [0.717, 1.165) is 16.6 Å². The van der Waals surface area contributed by atoms with Gasteiger partial charge in [-0.1, -0.05) is 48.5 Å². The summed E-state index contributed by atoms with van der Waals surface area (Å²) in [5.41, 5.74) is 6.70. The minimum Gasteiger partial charge on any atom is -0.487 e. The molecule has 0 aliphatic carbocycles. The summed E-state index contributed by atoms with van der Waals surface area (Å²) in [6, 6.07) is 24.0. The van der Waals surface area contributed by atoms with Gasteiger partial charge in [-0.15, -0.1) is 0 Å². The predicted octanol–water partition coefficient (Wildman–Crippen LogP) is 6.34. The average molecular weight is 514 g/mol. The van der Waals surface area contributed by atoms with Gasteiger partial charge in [0, 0.05) is 29.1 Å². The second-order valence-electron chi connectivity index (χ2n) is 8.97. The molecule has 0 bridgehead atoms. The Balaban J connectivity index is 1.25. The molecule has 0 unspecified atom stereocenters. The van der Waals surface area contributed by atoms with Gasteiger partial charge >= 0.3 is 0 Å². The van der Waals surface area contributed by atoms with Crippen LogP contribution in [0.2, 0.25) is 0 Å². The number of pyridine rings is 3. The molecule has 188 valence electrons. The van der Waals surface area contributed by atoms with E-state index in [9.17, 15) is 4.39 Å². The van der Waals surface area contributed by atoms with Crippen molar-refractivity contribution >= 4 is 22.2 Å². The van der Waals surface area contributed by atoms with Crippen molar-refractivity contribution in [3.05, 3.63) is 109 Å². The molecule has 0 atom stereocenters. The van der Waals surface area contributed by atoms with E-state index in [1.807, 2.05) is 48.5 Å². The Bertz CT molecular complexity index is 1950. The van der Waals surface area contributed by atoms with Gasteiger partial charge in [0.05, 0.1) is 17.4 Å². The molecule has 0 saturated carbocycles. The summed E-state index contributed by atoms with van der Waals surface area (Å²) in [6.07, 6.45) is 5.06. The van der Waals surface area contributed by atoms with E-state index < -0.39 is 0 Å². The van der Waals surface area contributed by atoms with E-state index in [0.29, 0.717) is 57.4 Å². The topological polar surface area (TPSA) is 105 Å². The second kappa shape index (κ2) is 9.46. The number of nitrogens with zero attached hydrogens (tertiary/aromatic N) is 5. The van der Waals surface area contributed by atoms with E-state index >= 15 is 0 Å². The fourth-order valence-corrected chi connectivity index (χ4v) is 4.52. The first kappa shape index (κ1) is 22.7. The largest absolute Gasteiger partial charge is 0.487 e. The number of aromatic nitrogens is 7. The molecule has 5 heterocycles. The minimum atomic E-state index is -0.324. The standard InChI is InChI=1S/C30H20FN7O/c31-23-9-5-4-8-21(23)22-12-13-33-29-26(22)35-30(36-29)28-27-25(37-38-28)11-10-24(34-27)19-14-20(16-32-15-19)39-17-18-6-2-1-3-7-18/h1-16H,17H2,(H,37,38)(H,33,35,36). The maximum atomic E-state index is 14.6. The fourth-order valence-electron chi connectivity index (χ4n) is 4.52. The Morgan fingerprint density at radius 3 is 2.59 bits per heavy atom. The predicted molar refractivity (Wildman–Crippen MR) is 146 cm³/mol. The molecule has 0 radical (unpaired) electrons. The highest BCUT2D eigenvalue weighted by Gasteiger charge is 2.18. The molecular formula is C30H20FN7O. The first-order valence-electron chi connectivity index (χ1n) is 12.3. The highest BCUT2D eigenvalue weighted by molar-refractivity contribution is 5.95. The molecule has 9 heteroatoms. The van der Waals surface area contributed by atoms with Crippen LogP contribution in [0.15, 0.2) is 97.5 Å². The summed E-state index contributed by atoms with van der Waals surface area (Å²) in [5, 5.41) is 7.49. The number of hydrogen-bond donors (Lipinski definition) is 2. The maximum absolute atomic E-state index is 14.6. The van der Waals surface area contributed by atoms with Crippen LogP contribution in [-0.2, 0) is 6.61 Å². The molecule has 5 aromatic heterocycles. The van der Waals surface area contributed by atoms with E-state index in [1.165, 1.54) is 6.07 Å². The quantitative estimate of drug-likeness (QED) is 0.269. The average Bonchev–Trinajstić information content (AvgIpc) is 3.61. The van der Waals surface area contributed by atoms with Crippen LogP contribution in [0.4, 0.5) is 4.39 Å². The molecular weight excluding hydrogens is 493 g/mol. The number of benzene rings is 2. The van der Waals surface area contributed by atoms with Gasteiger partial charge in [0.2, 0.25) is 0 Å². The first-order chi connectivity index (χ1) is 19.2. The third-order valence-corrected chi connectivity index (χ3v) is 6.44. The number of ether oxygens (including phenoxy) is 1. The molecule has 0 spiro atoms. The molecule has 0 fully saturated rings. The van der Waals surface area contributed by atoms with Gasteiger partial charge in [-0.25, -0.2) is 19.3 Å². The van der Waals surface area contributed by atoms with Crippen LogP contribution in [0.5, 0.6) is 5.75 Å². The van der Waals surface area contributed by atoms with Gasteiger partial charge in [-0.05, 0) is 35.9 Å². The summed E-state index contributed by atoms with van der Waals surface area (Å²) in [4.78, 5) is 21.6. The Kier molecular flexibility index (Phi) is 5.51. The third kappa shape index (κ3) is 4.25. The van der Waals surface area contributed by atoms with Crippen molar-refractivity contribution in [1.82, 2.24) is 35.1 Å². The van der Waals surface area contributed by atoms with Crippen LogP contribution in [-0.4, -0.2) is 35.1 Å². The van der Waals surface area contributed by atoms with Gasteiger partial charge in [-0.3, -0.25) is 10.1 Å². The Morgan fingerprint density at radius 1 is 0.821 bits per heavy atom. The lowest BCUT2D eigenvalue weighted by Crippen LogP contribution is -1.96. The number of aromatic amines is 2. The van der Waals surface area contributed by atoms with Gasteiger partial charge in [0.25, 0.3) is 0 Å². The summed E-state index contributed by atoms with van der Waals surface area (Å²) in [5.74, 6) is 0.805. The molecule has 2 N–H and O–H groups in total. The van der Waals surface area contributed by atoms with Gasteiger partial charge in [0.1, 0.15) is 29.2 Å². The normalized spacial score (nSPS) is 11.3. The zero-order valence-corrected chi connectivity index (χ0v) is 20.5. The lowest BCUT2D eigenvalue weighted by Gasteiger charge is -2.08. The third-order valence-electron chi connectivity index (χ3n) is 6.44. The summed E-state index contributed by atoms with van der Waals surface area (Å²) < 4.78 is 20.5. The van der Waals surface area contributed by atoms with Crippen LogP contribution in [0.1, 0.15) is 5.56 Å². The molecule has 8 nitrogen and oxygen atoms in total. The Labute approximate surface area is 221 Å². The molecule has 0 aliphatic rings. The smallest absolute Gasteiger partial charge is 0.162 e.